The molecule has 3 rings (SSSR count). The molecule has 23 heavy (non-hydrogen) atoms. The highest BCUT2D eigenvalue weighted by Gasteiger charge is 2.15. The van der Waals surface area contributed by atoms with E-state index in [4.69, 9.17) is 11.6 Å². The van der Waals surface area contributed by atoms with Crippen molar-refractivity contribution in [1.82, 2.24) is 0 Å². The Morgan fingerprint density at radius 3 is 2.57 bits per heavy atom. The molecule has 0 saturated carbocycles. The Kier molecular flexibility index (Phi) is 4.82. The lowest BCUT2D eigenvalue weighted by Gasteiger charge is -2.29. The molecular formula is C18H18ClFN2O. The molecule has 0 radical (unpaired) electrons. The molecule has 1 aliphatic rings. The van der Waals surface area contributed by atoms with Gasteiger partial charge in [0, 0.05) is 24.3 Å². The molecule has 1 saturated heterocycles. The van der Waals surface area contributed by atoms with E-state index < -0.39 is 5.82 Å². The van der Waals surface area contributed by atoms with Gasteiger partial charge in [0.15, 0.2) is 0 Å². The van der Waals surface area contributed by atoms with Gasteiger partial charge in [0.1, 0.15) is 5.82 Å². The lowest BCUT2D eigenvalue weighted by Crippen LogP contribution is -2.29. The second-order valence-corrected chi connectivity index (χ2v) is 6.09. The summed E-state index contributed by atoms with van der Waals surface area (Å²) in [5, 5.41) is 3.36. The van der Waals surface area contributed by atoms with E-state index in [2.05, 4.69) is 10.2 Å². The number of carbonyl (C=O) groups excluding carboxylic acids is 1. The number of hydrogen-bond acceptors (Lipinski definition) is 2. The van der Waals surface area contributed by atoms with E-state index in [1.807, 2.05) is 12.1 Å². The highest BCUT2D eigenvalue weighted by molar-refractivity contribution is 6.33. The normalized spacial score (nSPS) is 14.6. The quantitative estimate of drug-likeness (QED) is 0.882. The van der Waals surface area contributed by atoms with Crippen molar-refractivity contribution in [1.29, 1.82) is 0 Å². The fraction of sp³-hybridized carbons (Fsp3) is 0.278. The number of halogens is 2. The third-order valence-electron chi connectivity index (χ3n) is 3.99. The van der Waals surface area contributed by atoms with Crippen molar-refractivity contribution in [2.24, 2.45) is 0 Å². The van der Waals surface area contributed by atoms with Crippen LogP contribution in [0.25, 0.3) is 0 Å². The minimum atomic E-state index is -0.434. The summed E-state index contributed by atoms with van der Waals surface area (Å²) in [5.41, 5.74) is 1.88. The van der Waals surface area contributed by atoms with Crippen molar-refractivity contribution in [3.8, 4) is 0 Å². The van der Waals surface area contributed by atoms with E-state index >= 15 is 0 Å². The maximum Gasteiger partial charge on any atom is 0.255 e. The number of piperidine rings is 1. The van der Waals surface area contributed by atoms with Crippen LogP contribution in [0, 0.1) is 5.82 Å². The summed E-state index contributed by atoms with van der Waals surface area (Å²) < 4.78 is 13.2. The van der Waals surface area contributed by atoms with Gasteiger partial charge >= 0.3 is 0 Å². The molecule has 0 atom stereocenters. The zero-order chi connectivity index (χ0) is 16.2. The number of amides is 1. The third kappa shape index (κ3) is 3.82. The van der Waals surface area contributed by atoms with E-state index in [1.54, 1.807) is 12.1 Å². The molecule has 2 aromatic rings. The van der Waals surface area contributed by atoms with E-state index in [1.165, 1.54) is 37.5 Å². The van der Waals surface area contributed by atoms with Crippen molar-refractivity contribution in [3.05, 3.63) is 58.9 Å². The lowest BCUT2D eigenvalue weighted by molar-refractivity contribution is 0.102. The van der Waals surface area contributed by atoms with Crippen LogP contribution in [0.4, 0.5) is 15.8 Å². The number of benzene rings is 2. The smallest absolute Gasteiger partial charge is 0.255 e. The molecule has 1 aliphatic heterocycles. The first-order valence-electron chi connectivity index (χ1n) is 7.75. The van der Waals surface area contributed by atoms with E-state index in [0.29, 0.717) is 10.7 Å². The van der Waals surface area contributed by atoms with E-state index in [-0.39, 0.29) is 11.5 Å². The molecular weight excluding hydrogens is 315 g/mol. The van der Waals surface area contributed by atoms with Crippen LogP contribution in [-0.2, 0) is 0 Å². The van der Waals surface area contributed by atoms with Crippen LogP contribution in [0.2, 0.25) is 5.02 Å². The number of carbonyl (C=O) groups is 1. The summed E-state index contributed by atoms with van der Waals surface area (Å²) in [4.78, 5) is 14.4. The Morgan fingerprint density at radius 1 is 1.09 bits per heavy atom. The molecule has 120 valence electrons. The van der Waals surface area contributed by atoms with Gasteiger partial charge in [0.05, 0.1) is 10.7 Å². The van der Waals surface area contributed by atoms with Crippen LogP contribution < -0.4 is 10.2 Å². The van der Waals surface area contributed by atoms with Crippen LogP contribution in [0.1, 0.15) is 29.6 Å². The summed E-state index contributed by atoms with van der Waals surface area (Å²) >= 11 is 6.36. The third-order valence-corrected chi connectivity index (χ3v) is 4.29. The molecule has 0 aromatic heterocycles. The fourth-order valence-corrected chi connectivity index (χ4v) is 3.11. The number of anilines is 2. The first kappa shape index (κ1) is 15.8. The van der Waals surface area contributed by atoms with Crippen molar-refractivity contribution < 1.29 is 9.18 Å². The highest BCUT2D eigenvalue weighted by atomic mass is 35.5. The second-order valence-electron chi connectivity index (χ2n) is 5.68. The van der Waals surface area contributed by atoms with Crippen LogP contribution in [-0.4, -0.2) is 19.0 Å². The van der Waals surface area contributed by atoms with Gasteiger partial charge in [0.2, 0.25) is 0 Å². The van der Waals surface area contributed by atoms with E-state index in [9.17, 15) is 9.18 Å². The molecule has 3 nitrogen and oxygen atoms in total. The Bertz CT molecular complexity index is 714. The summed E-state index contributed by atoms with van der Waals surface area (Å²) in [6.07, 6.45) is 3.61. The molecule has 0 unspecified atom stereocenters. The zero-order valence-electron chi connectivity index (χ0n) is 12.7. The monoisotopic (exact) mass is 332 g/mol. The summed E-state index contributed by atoms with van der Waals surface area (Å²) in [5.74, 6) is -0.789. The van der Waals surface area contributed by atoms with Crippen LogP contribution in [0.5, 0.6) is 0 Å². The van der Waals surface area contributed by atoms with Gasteiger partial charge in [-0.25, -0.2) is 4.39 Å². The predicted molar refractivity (Wildman–Crippen MR) is 91.9 cm³/mol. The summed E-state index contributed by atoms with van der Waals surface area (Å²) in [6.45, 7) is 2.02. The average molecular weight is 333 g/mol. The topological polar surface area (TPSA) is 32.3 Å². The Morgan fingerprint density at radius 2 is 1.87 bits per heavy atom. The van der Waals surface area contributed by atoms with Gasteiger partial charge in [0.25, 0.3) is 5.91 Å². The average Bonchev–Trinajstić information content (AvgIpc) is 2.56. The molecule has 1 N–H and O–H groups in total. The minimum Gasteiger partial charge on any atom is -0.370 e. The molecule has 0 spiro atoms. The standard InChI is InChI=1S/C18H18ClFN2O/c19-16-12-15(7-8-17(16)22-9-2-1-3-10-22)21-18(23)13-5-4-6-14(20)11-13/h4-8,11-12H,1-3,9-10H2,(H,21,23). The van der Waals surface area contributed by atoms with E-state index in [0.717, 1.165) is 18.8 Å². The second kappa shape index (κ2) is 7.01. The van der Waals surface area contributed by atoms with Crippen molar-refractivity contribution in [3.63, 3.8) is 0 Å². The molecule has 0 aliphatic carbocycles. The maximum absolute atomic E-state index is 13.2. The summed E-state index contributed by atoms with van der Waals surface area (Å²) in [7, 11) is 0. The lowest BCUT2D eigenvalue weighted by atomic mass is 10.1. The highest BCUT2D eigenvalue weighted by Crippen LogP contribution is 2.31. The number of nitrogens with zero attached hydrogens (tertiary/aromatic N) is 1. The van der Waals surface area contributed by atoms with Gasteiger partial charge < -0.3 is 10.2 Å². The first-order chi connectivity index (χ1) is 11.1. The Labute approximate surface area is 140 Å². The van der Waals surface area contributed by atoms with Crippen molar-refractivity contribution >= 4 is 28.9 Å². The van der Waals surface area contributed by atoms with Crippen LogP contribution in [0.3, 0.4) is 0 Å². The van der Waals surface area contributed by atoms with Crippen molar-refractivity contribution in [2.75, 3.05) is 23.3 Å². The number of hydrogen-bond donors (Lipinski definition) is 1. The fourth-order valence-electron chi connectivity index (χ4n) is 2.81. The van der Waals surface area contributed by atoms with Gasteiger partial charge in [-0.15, -0.1) is 0 Å². The first-order valence-corrected chi connectivity index (χ1v) is 8.13. The van der Waals surface area contributed by atoms with Gasteiger partial charge in [-0.1, -0.05) is 17.7 Å². The molecule has 0 bridgehead atoms. The number of rotatable bonds is 3. The van der Waals surface area contributed by atoms with Gasteiger partial charge in [-0.05, 0) is 55.7 Å². The van der Waals surface area contributed by atoms with Gasteiger partial charge in [-0.2, -0.15) is 0 Å². The van der Waals surface area contributed by atoms with Crippen LogP contribution >= 0.6 is 11.6 Å². The molecule has 2 aromatic carbocycles. The largest absolute Gasteiger partial charge is 0.370 e. The van der Waals surface area contributed by atoms with Crippen molar-refractivity contribution in [2.45, 2.75) is 19.3 Å². The molecule has 5 heteroatoms. The SMILES string of the molecule is O=C(Nc1ccc(N2CCCCC2)c(Cl)c1)c1cccc(F)c1. The zero-order valence-corrected chi connectivity index (χ0v) is 13.4. The minimum absolute atomic E-state index is 0.279. The van der Waals surface area contributed by atoms with Gasteiger partial charge in [-0.3, -0.25) is 4.79 Å². The maximum atomic E-state index is 13.2. The molecule has 1 fully saturated rings. The summed E-state index contributed by atoms with van der Waals surface area (Å²) in [6, 6.07) is 11.1. The molecule has 1 heterocycles. The Balaban J connectivity index is 1.73. The molecule has 1 amide bonds. The Hall–Kier alpha value is -2.07. The number of nitrogens with one attached hydrogen (secondary N) is 1. The predicted octanol–water partition coefficient (Wildman–Crippen LogP) is 4.72. The van der Waals surface area contributed by atoms with Crippen LogP contribution in [0.15, 0.2) is 42.5 Å².